The lowest BCUT2D eigenvalue weighted by molar-refractivity contribution is 0.414. The van der Waals surface area contributed by atoms with Crippen LogP contribution in [-0.4, -0.2) is 25.5 Å². The van der Waals surface area contributed by atoms with Crippen molar-refractivity contribution < 1.29 is 19.0 Å². The summed E-state index contributed by atoms with van der Waals surface area (Å²) in [5, 5.41) is 21.4. The summed E-state index contributed by atoms with van der Waals surface area (Å²) in [5.41, 5.74) is 4.50. The van der Waals surface area contributed by atoms with E-state index in [1.54, 1.807) is 20.4 Å². The first-order chi connectivity index (χ1) is 18.9. The lowest BCUT2D eigenvalue weighted by Crippen LogP contribution is -2.17. The Morgan fingerprint density at radius 1 is 0.800 bits per heavy atom. The summed E-state index contributed by atoms with van der Waals surface area (Å²) in [6, 6.07) is 21.2. The lowest BCUT2D eigenvalue weighted by Gasteiger charge is -2.27. The Morgan fingerprint density at radius 2 is 1.27 bits per heavy atom. The van der Waals surface area contributed by atoms with Crippen LogP contribution in [0.2, 0.25) is 0 Å². The van der Waals surface area contributed by atoms with Gasteiger partial charge in [0.15, 0.2) is 0 Å². The standard InChI is InChI=1S/C34H36N2O4/c1-33(2,3)27-17-21(18-28(30(27)37)34(4,5)6)20-36-32-26(19-35)29(22-9-13-24(38-7)14-10-22)31(40-32)23-11-15-25(39-8)16-12-23/h9-18,20,37H,1-8H3/b36-20+. The van der Waals surface area contributed by atoms with Crippen molar-refractivity contribution in [3.63, 3.8) is 0 Å². The minimum absolute atomic E-state index is 0.210. The van der Waals surface area contributed by atoms with Crippen molar-refractivity contribution in [1.29, 1.82) is 5.26 Å². The minimum Gasteiger partial charge on any atom is -0.507 e. The average molecular weight is 537 g/mol. The molecule has 4 aromatic rings. The van der Waals surface area contributed by atoms with Crippen molar-refractivity contribution in [3.05, 3.63) is 82.9 Å². The highest BCUT2D eigenvalue weighted by molar-refractivity contribution is 5.90. The van der Waals surface area contributed by atoms with Gasteiger partial charge in [-0.2, -0.15) is 5.26 Å². The molecule has 0 spiro atoms. The van der Waals surface area contributed by atoms with Gasteiger partial charge in [0.25, 0.3) is 0 Å². The lowest BCUT2D eigenvalue weighted by atomic mass is 9.78. The van der Waals surface area contributed by atoms with Crippen molar-refractivity contribution in [3.8, 4) is 45.8 Å². The van der Waals surface area contributed by atoms with Crippen LogP contribution in [0.4, 0.5) is 5.88 Å². The van der Waals surface area contributed by atoms with Gasteiger partial charge in [0, 0.05) is 28.5 Å². The number of aromatic hydroxyl groups is 1. The molecule has 1 aromatic heterocycles. The number of ether oxygens (including phenoxy) is 2. The molecule has 40 heavy (non-hydrogen) atoms. The molecule has 0 atom stereocenters. The highest BCUT2D eigenvalue weighted by Crippen LogP contribution is 2.44. The third kappa shape index (κ3) is 5.74. The first-order valence-corrected chi connectivity index (χ1v) is 13.1. The van der Waals surface area contributed by atoms with Gasteiger partial charge in [-0.1, -0.05) is 53.7 Å². The van der Waals surface area contributed by atoms with E-state index in [0.717, 1.165) is 33.6 Å². The van der Waals surface area contributed by atoms with E-state index in [1.807, 2.05) is 60.7 Å². The van der Waals surface area contributed by atoms with Crippen LogP contribution in [0.1, 0.15) is 63.8 Å². The third-order valence-electron chi connectivity index (χ3n) is 6.81. The molecule has 0 bridgehead atoms. The molecule has 6 nitrogen and oxygen atoms in total. The van der Waals surface area contributed by atoms with Crippen LogP contribution in [0.3, 0.4) is 0 Å². The number of aliphatic imine (C=N–C) groups is 1. The topological polar surface area (TPSA) is 88.0 Å². The summed E-state index contributed by atoms with van der Waals surface area (Å²) in [7, 11) is 3.23. The summed E-state index contributed by atoms with van der Waals surface area (Å²) in [6.45, 7) is 12.4. The zero-order chi connectivity index (χ0) is 29.2. The number of phenolic OH excluding ortho intramolecular Hbond substituents is 1. The predicted octanol–water partition coefficient (Wildman–Crippen LogP) is 8.55. The first kappa shape index (κ1) is 28.5. The molecular weight excluding hydrogens is 500 g/mol. The fourth-order valence-corrected chi connectivity index (χ4v) is 4.60. The monoisotopic (exact) mass is 536 g/mol. The number of benzene rings is 3. The summed E-state index contributed by atoms with van der Waals surface area (Å²) in [4.78, 5) is 4.68. The largest absolute Gasteiger partial charge is 0.507 e. The summed E-state index contributed by atoms with van der Waals surface area (Å²) in [6.07, 6.45) is 1.69. The molecule has 0 unspecified atom stereocenters. The van der Waals surface area contributed by atoms with Gasteiger partial charge in [-0.3, -0.25) is 0 Å². The number of nitrogens with zero attached hydrogens (tertiary/aromatic N) is 2. The SMILES string of the molecule is COc1ccc(-c2oc(/N=C/c3cc(C(C)(C)C)c(O)c(C(C)(C)C)c3)c(C#N)c2-c2ccc(OC)cc2)cc1. The van der Waals surface area contributed by atoms with Crippen LogP contribution >= 0.6 is 0 Å². The van der Waals surface area contributed by atoms with E-state index in [-0.39, 0.29) is 16.7 Å². The molecule has 0 aliphatic rings. The Kier molecular flexibility index (Phi) is 7.79. The number of rotatable bonds is 6. The Bertz CT molecular complexity index is 1540. The minimum atomic E-state index is -0.278. The normalized spacial score (nSPS) is 12.0. The van der Waals surface area contributed by atoms with Gasteiger partial charge >= 0.3 is 0 Å². The van der Waals surface area contributed by atoms with Crippen LogP contribution in [0, 0.1) is 11.3 Å². The van der Waals surface area contributed by atoms with E-state index in [9.17, 15) is 10.4 Å². The summed E-state index contributed by atoms with van der Waals surface area (Å²) >= 11 is 0. The van der Waals surface area contributed by atoms with Gasteiger partial charge in [0.05, 0.1) is 14.2 Å². The number of methoxy groups -OCH3 is 2. The maximum atomic E-state index is 11.1. The summed E-state index contributed by atoms with van der Waals surface area (Å²) < 4.78 is 17.0. The van der Waals surface area contributed by atoms with Crippen LogP contribution in [0.5, 0.6) is 17.2 Å². The van der Waals surface area contributed by atoms with E-state index in [1.165, 1.54) is 0 Å². The Morgan fingerprint density at radius 3 is 1.70 bits per heavy atom. The van der Waals surface area contributed by atoms with Crippen LogP contribution in [0.25, 0.3) is 22.5 Å². The molecule has 0 saturated heterocycles. The van der Waals surface area contributed by atoms with E-state index < -0.39 is 0 Å². The molecular formula is C34H36N2O4. The number of hydrogen-bond donors (Lipinski definition) is 1. The van der Waals surface area contributed by atoms with E-state index in [2.05, 4.69) is 52.6 Å². The number of nitriles is 1. The van der Waals surface area contributed by atoms with Gasteiger partial charge in [-0.05, 0) is 70.5 Å². The molecule has 6 heteroatoms. The Balaban J connectivity index is 1.90. The predicted molar refractivity (Wildman–Crippen MR) is 160 cm³/mol. The second-order valence-electron chi connectivity index (χ2n) is 11.8. The van der Waals surface area contributed by atoms with Crippen LogP contribution in [-0.2, 0) is 10.8 Å². The van der Waals surface area contributed by atoms with E-state index >= 15 is 0 Å². The summed E-state index contributed by atoms with van der Waals surface area (Å²) in [5.74, 6) is 2.48. The van der Waals surface area contributed by atoms with E-state index in [0.29, 0.717) is 28.4 Å². The maximum absolute atomic E-state index is 11.1. The fourth-order valence-electron chi connectivity index (χ4n) is 4.60. The van der Waals surface area contributed by atoms with Gasteiger partial charge in [-0.15, -0.1) is 0 Å². The molecule has 0 aliphatic carbocycles. The number of phenols is 1. The zero-order valence-corrected chi connectivity index (χ0v) is 24.4. The van der Waals surface area contributed by atoms with Crippen molar-refractivity contribution >= 4 is 12.1 Å². The van der Waals surface area contributed by atoms with Crippen molar-refractivity contribution in [1.82, 2.24) is 0 Å². The van der Waals surface area contributed by atoms with Gasteiger partial charge < -0.3 is 19.0 Å². The highest BCUT2D eigenvalue weighted by Gasteiger charge is 2.27. The molecule has 206 valence electrons. The molecule has 4 rings (SSSR count). The van der Waals surface area contributed by atoms with Gasteiger partial charge in [0.2, 0.25) is 5.88 Å². The number of hydrogen-bond acceptors (Lipinski definition) is 6. The molecule has 0 fully saturated rings. The zero-order valence-electron chi connectivity index (χ0n) is 24.4. The first-order valence-electron chi connectivity index (χ1n) is 13.1. The van der Waals surface area contributed by atoms with Crippen LogP contribution < -0.4 is 9.47 Å². The van der Waals surface area contributed by atoms with E-state index in [4.69, 9.17) is 13.9 Å². The van der Waals surface area contributed by atoms with Gasteiger partial charge in [0.1, 0.15) is 34.6 Å². The smallest absolute Gasteiger partial charge is 0.238 e. The maximum Gasteiger partial charge on any atom is 0.238 e. The molecule has 0 amide bonds. The average Bonchev–Trinajstić information content (AvgIpc) is 3.29. The molecule has 0 radical (unpaired) electrons. The second kappa shape index (κ2) is 10.9. The van der Waals surface area contributed by atoms with Crippen molar-refractivity contribution in [2.24, 2.45) is 4.99 Å². The second-order valence-corrected chi connectivity index (χ2v) is 11.8. The molecule has 0 saturated carbocycles. The van der Waals surface area contributed by atoms with Crippen LogP contribution in [0.15, 0.2) is 70.1 Å². The Labute approximate surface area is 236 Å². The molecule has 3 aromatic carbocycles. The van der Waals surface area contributed by atoms with Crippen molar-refractivity contribution in [2.45, 2.75) is 52.4 Å². The highest BCUT2D eigenvalue weighted by atomic mass is 16.5. The fraction of sp³-hybridized carbons (Fsp3) is 0.294. The Hall–Kier alpha value is -4.50. The third-order valence-corrected chi connectivity index (χ3v) is 6.81. The van der Waals surface area contributed by atoms with Crippen molar-refractivity contribution in [2.75, 3.05) is 14.2 Å². The molecule has 0 aliphatic heterocycles. The quantitative estimate of drug-likeness (QED) is 0.249. The van der Waals surface area contributed by atoms with Gasteiger partial charge in [-0.25, -0.2) is 4.99 Å². The number of furan rings is 1. The molecule has 1 N–H and O–H groups in total. The molecule has 1 heterocycles.